The zero-order chi connectivity index (χ0) is 72.3. The van der Waals surface area contributed by atoms with Crippen molar-refractivity contribution < 1.29 is 188 Å². The van der Waals surface area contributed by atoms with E-state index in [0.29, 0.717) is 0 Å². The van der Waals surface area contributed by atoms with E-state index in [2.05, 4.69) is 0 Å². The molecule has 0 aromatic carbocycles. The maximum absolute atomic E-state index is 13.4. The molecule has 574 valence electrons. The van der Waals surface area contributed by atoms with Crippen molar-refractivity contribution in [1.29, 1.82) is 0 Å². The van der Waals surface area contributed by atoms with E-state index in [1.165, 1.54) is 0 Å². The molecule has 6 saturated heterocycles. The minimum atomic E-state index is -1.99. The quantitative estimate of drug-likeness (QED) is 0.0195. The molecule has 6 heterocycles. The van der Waals surface area contributed by atoms with Gasteiger partial charge in [-0.3, -0.25) is 19.2 Å². The van der Waals surface area contributed by atoms with Crippen LogP contribution in [0.4, 0.5) is 0 Å². The maximum atomic E-state index is 13.4. The third kappa shape index (κ3) is 18.4. The predicted molar refractivity (Wildman–Crippen MR) is 317 cm³/mol. The molecule has 0 aromatic heterocycles. The largest absolute Gasteiger partial charge is 0.481 e. The van der Waals surface area contributed by atoms with Gasteiger partial charge >= 0.3 is 23.9 Å². The molecule has 0 aromatic rings. The lowest BCUT2D eigenvalue weighted by Gasteiger charge is -2.50. The first-order valence-corrected chi connectivity index (χ1v) is 34.3. The van der Waals surface area contributed by atoms with Gasteiger partial charge in [-0.05, 0) is 77.0 Å². The van der Waals surface area contributed by atoms with Crippen LogP contribution in [0.15, 0.2) is 0 Å². The monoisotopic (exact) mass is 1450 g/mol. The standard InChI is InChI=1S/C62H98O38/c63-16-33-40(70)45(75)50(80)58(96-33)90-24-6-1-21(2-7-24)56(85)88-19-36-43(73)47(77)52(82)60(98-36)92-26-12-29(66)27-14-32(95-62-54(84)48(78)42(72)35(99-62)18-87-39(69)15-38(67)68)55(93-30(27)13-26)23-5-10-28(65)31(11-23)94-61-53(83)49(79)44(74)37(100-61)20-89-57(86)22-3-8-25(9-4-22)91-59-51(81)46(76)41(71)34(17-64)97-59/h21-37,40-55,58-66,70-84H,1-20H2,(H,67,68)/p+1/t21?,22?,23?,24?,25?,26?,27?,28?,29?,30?,31?,32?,33-,34-,35-,36-,37-,40-,41-,42-,43-,44-,45+,46+,47+,48+,49+,50-,51-,52-,53-,54-,55?,58-,59-,60-,61-,62-/m1/s1. The summed E-state index contributed by atoms with van der Waals surface area (Å²) in [6.45, 7) is -3.35. The summed E-state index contributed by atoms with van der Waals surface area (Å²) in [4.78, 5) is 50.2. The molecule has 34 atom stereocenters. The number of esters is 3. The van der Waals surface area contributed by atoms with Gasteiger partial charge < -0.3 is 168 Å². The second-order valence-corrected chi connectivity index (χ2v) is 28.1. The van der Waals surface area contributed by atoms with Gasteiger partial charge in [0.2, 0.25) is 0 Å². The zero-order valence-corrected chi connectivity index (χ0v) is 54.4. The molecule has 21 N–H and O–H groups in total. The summed E-state index contributed by atoms with van der Waals surface area (Å²) in [5.74, 6) is -6.94. The van der Waals surface area contributed by atoms with E-state index in [1.54, 1.807) is 0 Å². The Kier molecular flexibility index (Phi) is 27.7. The van der Waals surface area contributed by atoms with E-state index in [-0.39, 0.29) is 89.9 Å². The Morgan fingerprint density at radius 1 is 0.360 bits per heavy atom. The lowest BCUT2D eigenvalue weighted by molar-refractivity contribution is -0.364. The highest BCUT2D eigenvalue weighted by atomic mass is 16.7. The van der Waals surface area contributed by atoms with Crippen LogP contribution in [0, 0.1) is 23.7 Å². The van der Waals surface area contributed by atoms with Gasteiger partial charge in [0.1, 0.15) is 154 Å². The Balaban J connectivity index is 0.773. The second kappa shape index (κ2) is 34.9. The van der Waals surface area contributed by atoms with Crippen molar-refractivity contribution in [2.75, 3.05) is 33.0 Å². The van der Waals surface area contributed by atoms with Crippen LogP contribution in [-0.4, -0.2) is 372 Å². The van der Waals surface area contributed by atoms with Gasteiger partial charge in [-0.2, -0.15) is 0 Å². The average molecular weight is 1450 g/mol. The summed E-state index contributed by atoms with van der Waals surface area (Å²) in [5.41, 5.74) is 0. The molecule has 0 spiro atoms. The van der Waals surface area contributed by atoms with Crippen LogP contribution in [0.1, 0.15) is 96.3 Å². The molecular weight excluding hydrogens is 1350 g/mol. The maximum Gasteiger partial charge on any atom is 0.317 e. The van der Waals surface area contributed by atoms with E-state index >= 15 is 0 Å². The Hall–Kier alpha value is -3.32. The number of carbonyl (C=O) groups excluding carboxylic acids is 3. The van der Waals surface area contributed by atoms with E-state index in [0.717, 1.165) is 0 Å². The molecule has 4 saturated carbocycles. The van der Waals surface area contributed by atoms with Crippen LogP contribution < -0.4 is 0 Å². The van der Waals surface area contributed by atoms with Gasteiger partial charge in [0.15, 0.2) is 43.7 Å². The molecule has 38 heteroatoms. The first-order chi connectivity index (χ1) is 47.5. The van der Waals surface area contributed by atoms with Gasteiger partial charge in [0.25, 0.3) is 0 Å². The number of rotatable bonds is 23. The number of ether oxygens (including phenoxy) is 14. The van der Waals surface area contributed by atoms with Crippen molar-refractivity contribution in [1.82, 2.24) is 0 Å². The van der Waals surface area contributed by atoms with Gasteiger partial charge in [0, 0.05) is 18.8 Å². The smallest absolute Gasteiger partial charge is 0.317 e. The number of aliphatic hydroxyl groups excluding tert-OH is 19. The summed E-state index contributed by atoms with van der Waals surface area (Å²) in [6, 6.07) is 0. The third-order valence-electron chi connectivity index (χ3n) is 21.3. The Morgan fingerprint density at radius 2 is 0.730 bits per heavy atom. The minimum Gasteiger partial charge on any atom is -0.481 e. The van der Waals surface area contributed by atoms with Crippen molar-refractivity contribution in [3.8, 4) is 0 Å². The molecule has 6 aliphatic heterocycles. The van der Waals surface area contributed by atoms with Gasteiger partial charge in [0.05, 0.1) is 67.6 Å². The molecule has 9 unspecified atom stereocenters. The number of carboxylic acids is 1. The number of aliphatic hydroxyl groups is 21. The summed E-state index contributed by atoms with van der Waals surface area (Å²) in [5, 5.41) is 213. The highest BCUT2D eigenvalue weighted by molar-refractivity contribution is 5.90. The van der Waals surface area contributed by atoms with Crippen molar-refractivity contribution in [2.45, 2.75) is 305 Å². The van der Waals surface area contributed by atoms with Crippen LogP contribution in [0.25, 0.3) is 0 Å². The SMILES string of the molecule is O=C(O)CC(=O)OC[C@H]1O[C@@H](OC2CC3C(O)CC(O[C@@H]4O[C@H](COC(=O)C5CCC(O[C@@H]6O[C@H](CO)[C@@H](O)[C@H](O)[C@H]6O)CC5)[C@@H](O)[C@H](O)[C@H]4O)CC3[OH+]C2C2CCC(O)C(O[C@@H]3O[C@H](COC(=O)C4CCC(O[C@@H]5O[C@H](CO)[C@@H](O)[C@H](O)[C@H]5O)CC4)[C@@H](O)[C@H](O)[C@H]3O)C2)[C@H](O)[C@@H](O)[C@@H]1O. The lowest BCUT2D eigenvalue weighted by Crippen LogP contribution is -2.64. The zero-order valence-electron chi connectivity index (χ0n) is 54.4. The molecule has 0 amide bonds. The molecule has 38 nitrogen and oxygen atoms in total. The number of hydrogen-bond donors (Lipinski definition) is 20. The number of hydrogen-bond acceptors (Lipinski definition) is 36. The molecule has 0 radical (unpaired) electrons. The van der Waals surface area contributed by atoms with E-state index in [1.807, 2.05) is 0 Å². The Bertz CT molecular complexity index is 2610. The topological polar surface area (TPSA) is 606 Å². The molecule has 100 heavy (non-hydrogen) atoms. The fourth-order valence-corrected chi connectivity index (χ4v) is 15.3. The Labute approximate surface area is 571 Å². The van der Waals surface area contributed by atoms with E-state index < -0.39 is 295 Å². The highest BCUT2D eigenvalue weighted by Crippen LogP contribution is 2.45. The van der Waals surface area contributed by atoms with Gasteiger partial charge in [-0.25, -0.2) is 0 Å². The number of carbonyl (C=O) groups is 4. The van der Waals surface area contributed by atoms with Crippen LogP contribution in [0.5, 0.6) is 0 Å². The normalized spacial score (nSPS) is 48.8. The fourth-order valence-electron chi connectivity index (χ4n) is 15.3. The van der Waals surface area contributed by atoms with Crippen LogP contribution in [-0.2, 0) is 80.8 Å². The summed E-state index contributed by atoms with van der Waals surface area (Å²) in [6.07, 6.45) is -49.9. The van der Waals surface area contributed by atoms with Crippen molar-refractivity contribution in [2.24, 2.45) is 23.7 Å². The first-order valence-electron chi connectivity index (χ1n) is 34.3. The molecule has 10 fully saturated rings. The third-order valence-corrected chi connectivity index (χ3v) is 21.3. The molecule has 10 rings (SSSR count). The van der Waals surface area contributed by atoms with Crippen LogP contribution >= 0.6 is 0 Å². The van der Waals surface area contributed by atoms with Crippen molar-refractivity contribution in [3.63, 3.8) is 0 Å². The second-order valence-electron chi connectivity index (χ2n) is 28.1. The van der Waals surface area contributed by atoms with Crippen molar-refractivity contribution >= 4 is 23.9 Å². The van der Waals surface area contributed by atoms with Crippen molar-refractivity contribution in [3.05, 3.63) is 0 Å². The highest BCUT2D eigenvalue weighted by Gasteiger charge is 2.58. The lowest BCUT2D eigenvalue weighted by atomic mass is 9.72. The van der Waals surface area contributed by atoms with E-state index in [4.69, 9.17) is 71.4 Å². The number of aliphatic carboxylic acids is 1. The van der Waals surface area contributed by atoms with Gasteiger partial charge in [-0.15, -0.1) is 0 Å². The van der Waals surface area contributed by atoms with E-state index in [9.17, 15) is 116 Å². The predicted octanol–water partition coefficient (Wildman–Crippen LogP) is -9.98. The average Bonchev–Trinajstić information content (AvgIpc) is 0.761. The minimum absolute atomic E-state index is 0.000622. The fraction of sp³-hybridized carbons (Fsp3) is 0.935. The van der Waals surface area contributed by atoms with Crippen LogP contribution in [0.2, 0.25) is 0 Å². The molecular formula is C62H99O38+. The first kappa shape index (κ1) is 79.2. The van der Waals surface area contributed by atoms with Crippen LogP contribution in [0.3, 0.4) is 0 Å². The Morgan fingerprint density at radius 3 is 1.14 bits per heavy atom. The van der Waals surface area contributed by atoms with Gasteiger partial charge in [-0.1, -0.05) is 0 Å². The summed E-state index contributed by atoms with van der Waals surface area (Å²) in [7, 11) is 0. The molecule has 0 bridgehead atoms. The summed E-state index contributed by atoms with van der Waals surface area (Å²) >= 11 is 0. The number of fused-ring (bicyclic) bond motifs is 1. The number of carboxylic acid groups (broad SMARTS) is 1. The molecule has 10 aliphatic rings. The summed E-state index contributed by atoms with van der Waals surface area (Å²) < 4.78 is 80.6. The molecule has 4 aliphatic carbocycles.